The fourth-order valence-corrected chi connectivity index (χ4v) is 2.70. The lowest BCUT2D eigenvalue weighted by Crippen LogP contribution is -1.91. The van der Waals surface area contributed by atoms with Crippen LogP contribution in [0, 0.1) is 5.82 Å². The molecule has 1 heterocycles. The molecule has 84 valence electrons. The van der Waals surface area contributed by atoms with Crippen molar-refractivity contribution in [3.8, 4) is 10.4 Å². The molecular formula is C11H8Cl2FNS. The van der Waals surface area contributed by atoms with Gasteiger partial charge in [0.25, 0.3) is 0 Å². The van der Waals surface area contributed by atoms with E-state index in [0.29, 0.717) is 6.54 Å². The molecule has 0 atom stereocenters. The van der Waals surface area contributed by atoms with Crippen LogP contribution in [-0.4, -0.2) is 0 Å². The van der Waals surface area contributed by atoms with Crippen molar-refractivity contribution >= 4 is 34.5 Å². The van der Waals surface area contributed by atoms with Crippen molar-refractivity contribution in [2.45, 2.75) is 6.54 Å². The summed E-state index contributed by atoms with van der Waals surface area (Å²) in [6.07, 6.45) is 0. The minimum atomic E-state index is -0.581. The number of hydrogen-bond donors (Lipinski definition) is 1. The van der Waals surface area contributed by atoms with Crippen molar-refractivity contribution in [2.75, 3.05) is 0 Å². The van der Waals surface area contributed by atoms with E-state index in [1.807, 2.05) is 12.1 Å². The summed E-state index contributed by atoms with van der Waals surface area (Å²) >= 11 is 13.0. The Labute approximate surface area is 107 Å². The minimum Gasteiger partial charge on any atom is -0.326 e. The molecule has 1 nitrogen and oxygen atoms in total. The first-order valence-corrected chi connectivity index (χ1v) is 6.12. The van der Waals surface area contributed by atoms with Crippen molar-refractivity contribution in [3.63, 3.8) is 0 Å². The van der Waals surface area contributed by atoms with Gasteiger partial charge in [-0.25, -0.2) is 4.39 Å². The van der Waals surface area contributed by atoms with Gasteiger partial charge in [-0.1, -0.05) is 23.2 Å². The van der Waals surface area contributed by atoms with E-state index < -0.39 is 5.82 Å². The largest absolute Gasteiger partial charge is 0.326 e. The molecule has 16 heavy (non-hydrogen) atoms. The first kappa shape index (κ1) is 11.9. The Morgan fingerprint density at radius 1 is 1.19 bits per heavy atom. The average molecular weight is 276 g/mol. The van der Waals surface area contributed by atoms with Crippen LogP contribution in [0.3, 0.4) is 0 Å². The number of nitrogens with two attached hydrogens (primary N) is 1. The van der Waals surface area contributed by atoms with Crippen LogP contribution in [0.5, 0.6) is 0 Å². The molecule has 0 fully saturated rings. The van der Waals surface area contributed by atoms with Crippen molar-refractivity contribution in [1.29, 1.82) is 0 Å². The predicted molar refractivity (Wildman–Crippen MR) is 67.6 cm³/mol. The van der Waals surface area contributed by atoms with Crippen molar-refractivity contribution in [2.24, 2.45) is 5.73 Å². The first-order valence-electron chi connectivity index (χ1n) is 4.55. The molecule has 0 aliphatic heterocycles. The van der Waals surface area contributed by atoms with E-state index in [4.69, 9.17) is 28.9 Å². The second-order valence-electron chi connectivity index (χ2n) is 3.22. The summed E-state index contributed by atoms with van der Waals surface area (Å²) in [5.74, 6) is -0.581. The molecule has 1 aromatic heterocycles. The molecule has 2 N–H and O–H groups in total. The maximum atomic E-state index is 13.2. The van der Waals surface area contributed by atoms with Crippen molar-refractivity contribution in [3.05, 3.63) is 45.0 Å². The van der Waals surface area contributed by atoms with Crippen LogP contribution in [0.15, 0.2) is 24.3 Å². The van der Waals surface area contributed by atoms with Crippen LogP contribution >= 0.6 is 34.5 Å². The van der Waals surface area contributed by atoms with E-state index >= 15 is 0 Å². The third-order valence-electron chi connectivity index (χ3n) is 2.13. The molecule has 0 spiro atoms. The zero-order valence-electron chi connectivity index (χ0n) is 8.14. The molecule has 2 rings (SSSR count). The Morgan fingerprint density at radius 3 is 2.31 bits per heavy atom. The van der Waals surface area contributed by atoms with Gasteiger partial charge in [0.05, 0.1) is 10.0 Å². The summed E-state index contributed by atoms with van der Waals surface area (Å²) in [7, 11) is 0. The van der Waals surface area contributed by atoms with E-state index in [1.165, 1.54) is 0 Å². The minimum absolute atomic E-state index is 0.0326. The maximum absolute atomic E-state index is 13.2. The summed E-state index contributed by atoms with van der Waals surface area (Å²) in [6, 6.07) is 6.99. The number of hydrogen-bond acceptors (Lipinski definition) is 2. The van der Waals surface area contributed by atoms with E-state index in [1.54, 1.807) is 23.5 Å². The third kappa shape index (κ3) is 2.23. The quantitative estimate of drug-likeness (QED) is 0.812. The molecule has 0 saturated carbocycles. The fourth-order valence-electron chi connectivity index (χ4n) is 1.34. The SMILES string of the molecule is NCc1ccc(-c2cc(Cl)c(F)c(Cl)c2)s1. The first-order chi connectivity index (χ1) is 7.61. The Hall–Kier alpha value is -0.610. The zero-order valence-corrected chi connectivity index (χ0v) is 10.5. The van der Waals surface area contributed by atoms with Gasteiger partial charge in [0.15, 0.2) is 5.82 Å². The predicted octanol–water partition coefficient (Wildman–Crippen LogP) is 4.32. The smallest absolute Gasteiger partial charge is 0.160 e. The highest BCUT2D eigenvalue weighted by Gasteiger charge is 2.10. The van der Waals surface area contributed by atoms with Gasteiger partial charge in [-0.15, -0.1) is 11.3 Å². The van der Waals surface area contributed by atoms with Gasteiger partial charge in [-0.05, 0) is 29.8 Å². The molecule has 0 unspecified atom stereocenters. The lowest BCUT2D eigenvalue weighted by Gasteiger charge is -2.02. The summed E-state index contributed by atoms with van der Waals surface area (Å²) in [4.78, 5) is 2.04. The Bertz CT molecular complexity index is 501. The van der Waals surface area contributed by atoms with Crippen LogP contribution < -0.4 is 5.73 Å². The second-order valence-corrected chi connectivity index (χ2v) is 5.21. The number of thiophene rings is 1. The molecule has 0 saturated heterocycles. The lowest BCUT2D eigenvalue weighted by molar-refractivity contribution is 0.629. The lowest BCUT2D eigenvalue weighted by atomic mass is 10.2. The Balaban J connectivity index is 2.48. The Kier molecular flexibility index (Phi) is 3.50. The van der Waals surface area contributed by atoms with Crippen LogP contribution in [0.4, 0.5) is 4.39 Å². The zero-order chi connectivity index (χ0) is 11.7. The monoisotopic (exact) mass is 275 g/mol. The van der Waals surface area contributed by atoms with Crippen LogP contribution in [0.2, 0.25) is 10.0 Å². The van der Waals surface area contributed by atoms with E-state index in [2.05, 4.69) is 0 Å². The molecule has 0 aliphatic rings. The Morgan fingerprint density at radius 2 is 1.81 bits per heavy atom. The molecule has 0 amide bonds. The van der Waals surface area contributed by atoms with Gasteiger partial charge < -0.3 is 5.73 Å². The average Bonchev–Trinajstić information content (AvgIpc) is 2.73. The summed E-state index contributed by atoms with van der Waals surface area (Å²) in [5.41, 5.74) is 6.33. The van der Waals surface area contributed by atoms with Gasteiger partial charge in [0.1, 0.15) is 0 Å². The molecule has 0 radical (unpaired) electrons. The summed E-state index contributed by atoms with van der Waals surface area (Å²) < 4.78 is 13.2. The van der Waals surface area contributed by atoms with Crippen molar-refractivity contribution < 1.29 is 4.39 Å². The van der Waals surface area contributed by atoms with Gasteiger partial charge >= 0.3 is 0 Å². The number of rotatable bonds is 2. The van der Waals surface area contributed by atoms with Crippen molar-refractivity contribution in [1.82, 2.24) is 0 Å². The second kappa shape index (κ2) is 4.72. The molecule has 5 heteroatoms. The van der Waals surface area contributed by atoms with E-state index in [9.17, 15) is 4.39 Å². The van der Waals surface area contributed by atoms with Gasteiger partial charge in [0, 0.05) is 16.3 Å². The van der Waals surface area contributed by atoms with Gasteiger partial charge in [-0.2, -0.15) is 0 Å². The van der Waals surface area contributed by atoms with E-state index in [0.717, 1.165) is 15.3 Å². The van der Waals surface area contributed by atoms with Crippen LogP contribution in [0.25, 0.3) is 10.4 Å². The third-order valence-corrected chi connectivity index (χ3v) is 3.84. The fraction of sp³-hybridized carbons (Fsp3) is 0.0909. The topological polar surface area (TPSA) is 26.0 Å². The summed E-state index contributed by atoms with van der Waals surface area (Å²) in [6.45, 7) is 0.493. The highest BCUT2D eigenvalue weighted by atomic mass is 35.5. The van der Waals surface area contributed by atoms with Gasteiger partial charge in [0.2, 0.25) is 0 Å². The highest BCUT2D eigenvalue weighted by Crippen LogP contribution is 2.34. The van der Waals surface area contributed by atoms with Crippen LogP contribution in [-0.2, 0) is 6.54 Å². The molecule has 0 aliphatic carbocycles. The standard InChI is InChI=1S/C11H8Cl2FNS/c12-8-3-6(4-9(13)11(8)14)10-2-1-7(5-15)16-10/h1-4H,5,15H2. The molecule has 0 bridgehead atoms. The van der Waals surface area contributed by atoms with E-state index in [-0.39, 0.29) is 10.0 Å². The molecule has 2 aromatic rings. The van der Waals surface area contributed by atoms with Crippen LogP contribution in [0.1, 0.15) is 4.88 Å². The normalized spacial score (nSPS) is 10.8. The number of halogens is 3. The highest BCUT2D eigenvalue weighted by molar-refractivity contribution is 7.15. The number of benzene rings is 1. The molecule has 1 aromatic carbocycles. The van der Waals surface area contributed by atoms with Gasteiger partial charge in [-0.3, -0.25) is 0 Å². The maximum Gasteiger partial charge on any atom is 0.160 e. The summed E-state index contributed by atoms with van der Waals surface area (Å²) in [5, 5.41) is 0.0652. The molecular weight excluding hydrogens is 268 g/mol.